The fraction of sp³-hybridized carbons (Fsp3) is 0.0870. The summed E-state index contributed by atoms with van der Waals surface area (Å²) in [5.74, 6) is -0.255. The molecule has 0 aliphatic carbocycles. The Labute approximate surface area is 176 Å². The number of rotatable bonds is 5. The van der Waals surface area contributed by atoms with Gasteiger partial charge in [0.05, 0.1) is 17.2 Å². The molecule has 1 unspecified atom stereocenters. The molecule has 6 heteroatoms. The van der Waals surface area contributed by atoms with Gasteiger partial charge in [-0.1, -0.05) is 70.5 Å². The fourth-order valence-corrected chi connectivity index (χ4v) is 3.56. The van der Waals surface area contributed by atoms with E-state index in [2.05, 4.69) is 26.2 Å². The van der Waals surface area contributed by atoms with Crippen LogP contribution in [0.3, 0.4) is 0 Å². The Balaban J connectivity index is 1.79. The fourth-order valence-electron chi connectivity index (χ4n) is 3.29. The van der Waals surface area contributed by atoms with Gasteiger partial charge in [0.15, 0.2) is 0 Å². The highest BCUT2D eigenvalue weighted by Crippen LogP contribution is 2.23. The average molecular weight is 448 g/mol. The van der Waals surface area contributed by atoms with Gasteiger partial charge in [0.1, 0.15) is 6.04 Å². The van der Waals surface area contributed by atoms with Gasteiger partial charge in [-0.25, -0.2) is 4.98 Å². The molecule has 29 heavy (non-hydrogen) atoms. The van der Waals surface area contributed by atoms with Gasteiger partial charge in [0.25, 0.3) is 5.56 Å². The van der Waals surface area contributed by atoms with Crippen molar-refractivity contribution >= 4 is 32.9 Å². The van der Waals surface area contributed by atoms with Gasteiger partial charge in [-0.2, -0.15) is 0 Å². The number of aromatic nitrogens is 2. The number of nitrogens with zero attached hydrogens (tertiary/aromatic N) is 2. The number of fused-ring (bicyclic) bond motifs is 1. The Morgan fingerprint density at radius 2 is 1.66 bits per heavy atom. The molecular weight excluding hydrogens is 430 g/mol. The smallest absolute Gasteiger partial charge is 0.270 e. The summed E-state index contributed by atoms with van der Waals surface area (Å²) < 4.78 is 2.41. The van der Waals surface area contributed by atoms with E-state index in [0.717, 1.165) is 15.6 Å². The molecule has 0 fully saturated rings. The summed E-state index contributed by atoms with van der Waals surface area (Å²) in [6, 6.07) is 23.6. The van der Waals surface area contributed by atoms with Crippen LogP contribution in [0.2, 0.25) is 0 Å². The lowest BCUT2D eigenvalue weighted by molar-refractivity contribution is -0.123. The summed E-state index contributed by atoms with van der Waals surface area (Å²) >= 11 is 3.42. The lowest BCUT2D eigenvalue weighted by Crippen LogP contribution is -2.38. The van der Waals surface area contributed by atoms with Crippen molar-refractivity contribution in [3.63, 3.8) is 0 Å². The molecule has 0 spiro atoms. The number of nitrogens with one attached hydrogen (secondary N) is 1. The summed E-state index contributed by atoms with van der Waals surface area (Å²) in [6.45, 7) is 0.379. The zero-order valence-electron chi connectivity index (χ0n) is 15.5. The molecule has 5 nitrogen and oxygen atoms in total. The number of halogens is 1. The molecule has 0 aliphatic rings. The lowest BCUT2D eigenvalue weighted by atomic mass is 10.0. The molecule has 4 rings (SSSR count). The first kappa shape index (κ1) is 19.1. The quantitative estimate of drug-likeness (QED) is 0.501. The second-order valence-corrected chi connectivity index (χ2v) is 7.53. The predicted octanol–water partition coefficient (Wildman–Crippen LogP) is 4.06. The van der Waals surface area contributed by atoms with Crippen LogP contribution in [0.5, 0.6) is 0 Å². The number of carbonyl (C=O) groups is 1. The highest BCUT2D eigenvalue weighted by Gasteiger charge is 2.25. The first-order valence-electron chi connectivity index (χ1n) is 9.17. The molecule has 0 aliphatic heterocycles. The van der Waals surface area contributed by atoms with E-state index in [1.807, 2.05) is 72.8 Å². The monoisotopic (exact) mass is 447 g/mol. The molecule has 1 aromatic heterocycles. The summed E-state index contributed by atoms with van der Waals surface area (Å²) in [4.78, 5) is 30.3. The zero-order chi connectivity index (χ0) is 20.2. The van der Waals surface area contributed by atoms with Gasteiger partial charge in [-0.3, -0.25) is 14.2 Å². The summed E-state index contributed by atoms with van der Waals surface area (Å²) in [5.41, 5.74) is 2.65. The first-order chi connectivity index (χ1) is 14.1. The van der Waals surface area contributed by atoms with Crippen LogP contribution in [0.25, 0.3) is 11.0 Å². The molecule has 0 saturated heterocycles. The minimum atomic E-state index is -0.813. The Bertz CT molecular complexity index is 1200. The number of hydrogen-bond acceptors (Lipinski definition) is 3. The average Bonchev–Trinajstić information content (AvgIpc) is 2.76. The van der Waals surface area contributed by atoms with Gasteiger partial charge in [0, 0.05) is 11.0 Å². The lowest BCUT2D eigenvalue weighted by Gasteiger charge is -2.22. The molecule has 1 N–H and O–H groups in total. The molecule has 4 aromatic rings. The van der Waals surface area contributed by atoms with Gasteiger partial charge in [0.2, 0.25) is 5.91 Å². The van der Waals surface area contributed by atoms with Crippen molar-refractivity contribution in [1.29, 1.82) is 0 Å². The van der Waals surface area contributed by atoms with Crippen molar-refractivity contribution in [2.75, 3.05) is 0 Å². The molecule has 1 amide bonds. The molecule has 1 heterocycles. The number of carbonyl (C=O) groups excluding carboxylic acids is 1. The topological polar surface area (TPSA) is 64.0 Å². The maximum Gasteiger partial charge on any atom is 0.270 e. The third-order valence-corrected chi connectivity index (χ3v) is 5.22. The first-order valence-corrected chi connectivity index (χ1v) is 9.96. The van der Waals surface area contributed by atoms with Gasteiger partial charge < -0.3 is 5.32 Å². The zero-order valence-corrected chi connectivity index (χ0v) is 17.0. The second kappa shape index (κ2) is 8.41. The summed E-state index contributed by atoms with van der Waals surface area (Å²) in [5, 5.41) is 2.97. The Kier molecular flexibility index (Phi) is 5.53. The Morgan fingerprint density at radius 3 is 2.41 bits per heavy atom. The number of hydrogen-bond donors (Lipinski definition) is 1. The van der Waals surface area contributed by atoms with Crippen LogP contribution in [-0.2, 0) is 11.3 Å². The van der Waals surface area contributed by atoms with E-state index in [0.29, 0.717) is 17.6 Å². The van der Waals surface area contributed by atoms with Crippen LogP contribution in [-0.4, -0.2) is 15.5 Å². The van der Waals surface area contributed by atoms with Crippen LogP contribution in [0.4, 0.5) is 0 Å². The third kappa shape index (κ3) is 4.12. The molecule has 0 saturated carbocycles. The van der Waals surface area contributed by atoms with Crippen LogP contribution >= 0.6 is 15.9 Å². The summed E-state index contributed by atoms with van der Waals surface area (Å²) in [6.07, 6.45) is 1.26. The van der Waals surface area contributed by atoms with Gasteiger partial charge in [-0.15, -0.1) is 0 Å². The third-order valence-electron chi connectivity index (χ3n) is 4.69. The molecule has 0 bridgehead atoms. The Hall–Kier alpha value is -3.25. The molecule has 0 radical (unpaired) electrons. The van der Waals surface area contributed by atoms with Crippen molar-refractivity contribution in [2.45, 2.75) is 12.6 Å². The van der Waals surface area contributed by atoms with Crippen LogP contribution in [0.1, 0.15) is 17.2 Å². The predicted molar refractivity (Wildman–Crippen MR) is 117 cm³/mol. The maximum atomic E-state index is 13.3. The van der Waals surface area contributed by atoms with E-state index in [-0.39, 0.29) is 11.5 Å². The van der Waals surface area contributed by atoms with E-state index in [4.69, 9.17) is 0 Å². The normalized spacial score (nSPS) is 11.9. The molecule has 1 atom stereocenters. The Morgan fingerprint density at radius 1 is 0.966 bits per heavy atom. The maximum absolute atomic E-state index is 13.3. The van der Waals surface area contributed by atoms with Gasteiger partial charge >= 0.3 is 0 Å². The van der Waals surface area contributed by atoms with Crippen LogP contribution in [0.15, 0.2) is 94.3 Å². The second-order valence-electron chi connectivity index (χ2n) is 6.61. The van der Waals surface area contributed by atoms with Crippen molar-refractivity contribution in [3.8, 4) is 0 Å². The summed E-state index contributed by atoms with van der Waals surface area (Å²) in [7, 11) is 0. The largest absolute Gasteiger partial charge is 0.350 e. The van der Waals surface area contributed by atoms with Gasteiger partial charge in [-0.05, 0) is 35.4 Å². The standard InChI is InChI=1S/C23H18BrN3O2/c24-18-12-10-17(11-13-18)22(23(29)26-14-16-6-2-1-3-7-16)27-20-9-5-4-8-19(20)25-15-21(27)28/h1-13,15,22H,14H2,(H,26,29). The molecule has 3 aromatic carbocycles. The minimum absolute atomic E-state index is 0.255. The molecular formula is C23H18BrN3O2. The number of benzene rings is 3. The SMILES string of the molecule is O=C(NCc1ccccc1)C(c1ccc(Br)cc1)n1c(=O)cnc2ccccc21. The van der Waals surface area contributed by atoms with E-state index in [9.17, 15) is 9.59 Å². The molecule has 144 valence electrons. The highest BCUT2D eigenvalue weighted by atomic mass is 79.9. The van der Waals surface area contributed by atoms with E-state index < -0.39 is 6.04 Å². The number of para-hydroxylation sites is 2. The van der Waals surface area contributed by atoms with Crippen molar-refractivity contribution in [2.24, 2.45) is 0 Å². The van der Waals surface area contributed by atoms with Crippen molar-refractivity contribution in [3.05, 3.63) is 111 Å². The van der Waals surface area contributed by atoms with E-state index in [1.165, 1.54) is 10.8 Å². The number of amides is 1. The van der Waals surface area contributed by atoms with Crippen LogP contribution < -0.4 is 10.9 Å². The highest BCUT2D eigenvalue weighted by molar-refractivity contribution is 9.10. The van der Waals surface area contributed by atoms with E-state index in [1.54, 1.807) is 6.07 Å². The van der Waals surface area contributed by atoms with E-state index >= 15 is 0 Å². The minimum Gasteiger partial charge on any atom is -0.350 e. The van der Waals surface area contributed by atoms with Crippen LogP contribution in [0, 0.1) is 0 Å². The van der Waals surface area contributed by atoms with Crippen molar-refractivity contribution in [1.82, 2.24) is 14.9 Å². The van der Waals surface area contributed by atoms with Crippen molar-refractivity contribution < 1.29 is 4.79 Å².